The summed E-state index contributed by atoms with van der Waals surface area (Å²) in [5.74, 6) is -0.877. The van der Waals surface area contributed by atoms with E-state index in [4.69, 9.17) is 0 Å². The predicted molar refractivity (Wildman–Crippen MR) is 88.9 cm³/mol. The lowest BCUT2D eigenvalue weighted by Crippen LogP contribution is -2.03. The van der Waals surface area contributed by atoms with Gasteiger partial charge >= 0.3 is 0 Å². The molecule has 0 heterocycles. The lowest BCUT2D eigenvalue weighted by atomic mass is 9.88. The first-order valence-corrected chi connectivity index (χ1v) is 8.17. The lowest BCUT2D eigenvalue weighted by Gasteiger charge is -2.18. The summed E-state index contributed by atoms with van der Waals surface area (Å²) in [5, 5.41) is 0. The Bertz CT molecular complexity index is 662. The molecule has 0 fully saturated rings. The van der Waals surface area contributed by atoms with E-state index in [0.717, 1.165) is 25.3 Å². The molecule has 1 unspecified atom stereocenters. The number of halogens is 3. The van der Waals surface area contributed by atoms with Gasteiger partial charge in [0.1, 0.15) is 17.5 Å². The summed E-state index contributed by atoms with van der Waals surface area (Å²) in [7, 11) is 0. The summed E-state index contributed by atoms with van der Waals surface area (Å²) in [6.45, 7) is 6.37. The van der Waals surface area contributed by atoms with Gasteiger partial charge in [-0.3, -0.25) is 0 Å². The van der Waals surface area contributed by atoms with E-state index < -0.39 is 11.6 Å². The van der Waals surface area contributed by atoms with Crippen LogP contribution in [0.5, 0.6) is 0 Å². The van der Waals surface area contributed by atoms with Crippen LogP contribution >= 0.6 is 0 Å². The van der Waals surface area contributed by atoms with Gasteiger partial charge in [-0.05, 0) is 54.0 Å². The van der Waals surface area contributed by atoms with Crippen LogP contribution in [0.15, 0.2) is 36.4 Å². The monoisotopic (exact) mass is 320 g/mol. The Kier molecular flexibility index (Phi) is 5.86. The van der Waals surface area contributed by atoms with Crippen LogP contribution in [-0.4, -0.2) is 0 Å². The van der Waals surface area contributed by atoms with Gasteiger partial charge < -0.3 is 0 Å². The normalized spacial score (nSPS) is 12.7. The van der Waals surface area contributed by atoms with Crippen molar-refractivity contribution in [3.05, 3.63) is 59.4 Å². The van der Waals surface area contributed by atoms with Crippen molar-refractivity contribution in [3.63, 3.8) is 0 Å². The maximum absolute atomic E-state index is 14.5. The number of hydrogen-bond donors (Lipinski definition) is 0. The lowest BCUT2D eigenvalue weighted by molar-refractivity contribution is 0.476. The van der Waals surface area contributed by atoms with Crippen LogP contribution in [0.4, 0.5) is 13.2 Å². The van der Waals surface area contributed by atoms with Crippen LogP contribution in [0.3, 0.4) is 0 Å². The Hall–Kier alpha value is -1.77. The summed E-state index contributed by atoms with van der Waals surface area (Å²) in [6.07, 6.45) is 2.86. The molecule has 0 amide bonds. The molecule has 23 heavy (non-hydrogen) atoms. The summed E-state index contributed by atoms with van der Waals surface area (Å²) in [6, 6.07) is 8.15. The minimum atomic E-state index is -0.677. The van der Waals surface area contributed by atoms with E-state index in [9.17, 15) is 13.2 Å². The Balaban J connectivity index is 2.29. The summed E-state index contributed by atoms with van der Waals surface area (Å²) >= 11 is 0. The highest BCUT2D eigenvalue weighted by Gasteiger charge is 2.16. The fourth-order valence-electron chi connectivity index (χ4n) is 2.86. The van der Waals surface area contributed by atoms with Crippen molar-refractivity contribution in [2.24, 2.45) is 5.92 Å². The molecule has 0 spiro atoms. The second-order valence-electron chi connectivity index (χ2n) is 6.44. The number of hydrogen-bond acceptors (Lipinski definition) is 0. The molecule has 0 nitrogen and oxygen atoms in total. The van der Waals surface area contributed by atoms with Crippen LogP contribution in [0.1, 0.15) is 51.5 Å². The van der Waals surface area contributed by atoms with Gasteiger partial charge in [-0.15, -0.1) is 0 Å². The standard InChI is InChI=1S/C20H23F3/c1-4-14(6-5-13(2)3)17-9-7-15(11-19(17)22)18-10-8-16(21)12-20(18)23/h7-14H,4-6H2,1-3H3. The van der Waals surface area contributed by atoms with Gasteiger partial charge in [0.05, 0.1) is 0 Å². The van der Waals surface area contributed by atoms with Gasteiger partial charge in [0.15, 0.2) is 0 Å². The second-order valence-corrected chi connectivity index (χ2v) is 6.44. The molecule has 2 aromatic rings. The molecule has 2 aromatic carbocycles. The molecule has 0 saturated carbocycles. The molecule has 0 saturated heterocycles. The molecule has 0 N–H and O–H groups in total. The zero-order valence-electron chi connectivity index (χ0n) is 13.9. The third kappa shape index (κ3) is 4.37. The molecule has 1 atom stereocenters. The van der Waals surface area contributed by atoms with Crippen LogP contribution in [-0.2, 0) is 0 Å². The Morgan fingerprint density at radius 1 is 0.870 bits per heavy atom. The quantitative estimate of drug-likeness (QED) is 0.555. The van der Waals surface area contributed by atoms with E-state index >= 15 is 0 Å². The molecule has 0 radical (unpaired) electrons. The van der Waals surface area contributed by atoms with Crippen molar-refractivity contribution in [3.8, 4) is 11.1 Å². The van der Waals surface area contributed by atoms with Gasteiger partial charge in [0, 0.05) is 11.6 Å². The van der Waals surface area contributed by atoms with E-state index in [0.29, 0.717) is 17.0 Å². The van der Waals surface area contributed by atoms with Crippen molar-refractivity contribution >= 4 is 0 Å². The Morgan fingerprint density at radius 3 is 2.17 bits per heavy atom. The molecule has 0 aromatic heterocycles. The molecule has 0 aliphatic heterocycles. The fourth-order valence-corrected chi connectivity index (χ4v) is 2.86. The van der Waals surface area contributed by atoms with E-state index in [1.807, 2.05) is 0 Å². The van der Waals surface area contributed by atoms with Crippen molar-refractivity contribution in [2.45, 2.75) is 46.0 Å². The van der Waals surface area contributed by atoms with Gasteiger partial charge in [-0.25, -0.2) is 13.2 Å². The average molecular weight is 320 g/mol. The zero-order chi connectivity index (χ0) is 17.0. The van der Waals surface area contributed by atoms with Gasteiger partial charge in [-0.2, -0.15) is 0 Å². The van der Waals surface area contributed by atoms with Crippen LogP contribution < -0.4 is 0 Å². The molecule has 3 heteroatoms. The molecule has 0 bridgehead atoms. The third-order valence-corrected chi connectivity index (χ3v) is 4.27. The molecule has 124 valence electrons. The van der Waals surface area contributed by atoms with Crippen molar-refractivity contribution in [2.75, 3.05) is 0 Å². The minimum Gasteiger partial charge on any atom is -0.207 e. The van der Waals surface area contributed by atoms with E-state index in [-0.39, 0.29) is 17.3 Å². The largest absolute Gasteiger partial charge is 0.207 e. The highest BCUT2D eigenvalue weighted by Crippen LogP contribution is 2.32. The summed E-state index contributed by atoms with van der Waals surface area (Å²) in [4.78, 5) is 0. The van der Waals surface area contributed by atoms with Crippen molar-refractivity contribution < 1.29 is 13.2 Å². The van der Waals surface area contributed by atoms with E-state index in [2.05, 4.69) is 20.8 Å². The SMILES string of the molecule is CCC(CCC(C)C)c1ccc(-c2ccc(F)cc2F)cc1F. The summed E-state index contributed by atoms with van der Waals surface area (Å²) in [5.41, 5.74) is 1.33. The van der Waals surface area contributed by atoms with Gasteiger partial charge in [-0.1, -0.05) is 39.3 Å². The smallest absolute Gasteiger partial charge is 0.133 e. The highest BCUT2D eigenvalue weighted by atomic mass is 19.1. The molecular weight excluding hydrogens is 297 g/mol. The average Bonchev–Trinajstić information content (AvgIpc) is 2.49. The first kappa shape index (κ1) is 17.6. The second kappa shape index (κ2) is 7.67. The number of rotatable bonds is 6. The summed E-state index contributed by atoms with van der Waals surface area (Å²) < 4.78 is 41.3. The molecule has 2 rings (SSSR count). The van der Waals surface area contributed by atoms with Crippen LogP contribution in [0.25, 0.3) is 11.1 Å². The first-order valence-electron chi connectivity index (χ1n) is 8.17. The first-order chi connectivity index (χ1) is 10.9. The van der Waals surface area contributed by atoms with E-state index in [1.165, 1.54) is 18.2 Å². The topological polar surface area (TPSA) is 0 Å². The van der Waals surface area contributed by atoms with Crippen LogP contribution in [0, 0.1) is 23.4 Å². The maximum Gasteiger partial charge on any atom is 0.133 e. The van der Waals surface area contributed by atoms with Crippen molar-refractivity contribution in [1.82, 2.24) is 0 Å². The fraction of sp³-hybridized carbons (Fsp3) is 0.400. The number of benzene rings is 2. The third-order valence-electron chi connectivity index (χ3n) is 4.27. The maximum atomic E-state index is 14.5. The van der Waals surface area contributed by atoms with Gasteiger partial charge in [0.2, 0.25) is 0 Å². The van der Waals surface area contributed by atoms with Crippen LogP contribution in [0.2, 0.25) is 0 Å². The minimum absolute atomic E-state index is 0.171. The highest BCUT2D eigenvalue weighted by molar-refractivity contribution is 5.64. The predicted octanol–water partition coefficient (Wildman–Crippen LogP) is 6.70. The zero-order valence-corrected chi connectivity index (χ0v) is 13.9. The Morgan fingerprint density at radius 2 is 1.61 bits per heavy atom. The Labute approximate surface area is 136 Å². The molecule has 0 aliphatic rings. The van der Waals surface area contributed by atoms with Crippen molar-refractivity contribution in [1.29, 1.82) is 0 Å². The molecule has 0 aliphatic carbocycles. The van der Waals surface area contributed by atoms with Gasteiger partial charge in [0.25, 0.3) is 0 Å². The molecular formula is C20H23F3. The van der Waals surface area contributed by atoms with E-state index in [1.54, 1.807) is 12.1 Å².